The second-order valence-electron chi connectivity index (χ2n) is 9.80. The van der Waals surface area contributed by atoms with Gasteiger partial charge in [-0.15, -0.1) is 0 Å². The maximum atomic E-state index is 12.9. The van der Waals surface area contributed by atoms with Crippen molar-refractivity contribution in [1.82, 2.24) is 0 Å². The minimum Gasteiger partial charge on any atom is -0.326 e. The van der Waals surface area contributed by atoms with Crippen LogP contribution in [0.5, 0.6) is 0 Å². The molecule has 0 N–H and O–H groups in total. The Balaban J connectivity index is 1.26. The van der Waals surface area contributed by atoms with Crippen LogP contribution in [0.1, 0.15) is 77.6 Å². The average molecular weight is 417 g/mol. The molecule has 0 spiro atoms. The monoisotopic (exact) mass is 416 g/mol. The Morgan fingerprint density at radius 2 is 1.59 bits per heavy atom. The highest BCUT2D eigenvalue weighted by atomic mass is 19.4. The van der Waals surface area contributed by atoms with E-state index in [4.69, 9.17) is 14.2 Å². The number of alkyl halides is 3. The molecule has 166 valence electrons. The molecule has 0 aromatic heterocycles. The molecule has 3 nitrogen and oxygen atoms in total. The number of unbranched alkanes of at least 4 members (excludes halogenated alkanes) is 2. The first-order chi connectivity index (χ1) is 13.9. The van der Waals surface area contributed by atoms with E-state index in [0.29, 0.717) is 24.7 Å². The summed E-state index contributed by atoms with van der Waals surface area (Å²) in [5.41, 5.74) is -0.304. The zero-order valence-corrected chi connectivity index (χ0v) is 17.6. The van der Waals surface area contributed by atoms with Crippen LogP contribution in [-0.2, 0) is 14.2 Å². The second-order valence-corrected chi connectivity index (χ2v) is 9.80. The largest absolute Gasteiger partial charge is 0.412 e. The lowest BCUT2D eigenvalue weighted by atomic mass is 9.70. The Hall–Kier alpha value is -0.590. The lowest BCUT2D eigenvalue weighted by Gasteiger charge is -2.55. The van der Waals surface area contributed by atoms with Crippen LogP contribution in [0.2, 0.25) is 0 Å². The van der Waals surface area contributed by atoms with Crippen LogP contribution in [0.25, 0.3) is 0 Å². The van der Waals surface area contributed by atoms with Crippen molar-refractivity contribution in [1.29, 1.82) is 0 Å². The molecule has 29 heavy (non-hydrogen) atoms. The summed E-state index contributed by atoms with van der Waals surface area (Å²) >= 11 is 0. The van der Waals surface area contributed by atoms with E-state index >= 15 is 0 Å². The molecular weight excluding hydrogens is 381 g/mol. The molecule has 0 radical (unpaired) electrons. The van der Waals surface area contributed by atoms with Crippen molar-refractivity contribution in [2.24, 2.45) is 23.2 Å². The van der Waals surface area contributed by atoms with Crippen LogP contribution < -0.4 is 0 Å². The van der Waals surface area contributed by atoms with E-state index in [9.17, 15) is 13.2 Å². The average Bonchev–Trinajstić information content (AvgIpc) is 2.75. The number of hydrogen-bond donors (Lipinski definition) is 0. The van der Waals surface area contributed by atoms with Gasteiger partial charge < -0.3 is 14.2 Å². The fourth-order valence-electron chi connectivity index (χ4n) is 5.82. The summed E-state index contributed by atoms with van der Waals surface area (Å²) in [6.45, 7) is 4.39. The van der Waals surface area contributed by atoms with E-state index in [0.717, 1.165) is 51.9 Å². The van der Waals surface area contributed by atoms with Crippen molar-refractivity contribution >= 4 is 0 Å². The lowest BCUT2D eigenvalue weighted by Crippen LogP contribution is -2.63. The summed E-state index contributed by atoms with van der Waals surface area (Å²) < 4.78 is 57.1. The van der Waals surface area contributed by atoms with Crippen LogP contribution in [0.4, 0.5) is 13.2 Å². The Bertz CT molecular complexity index is 568. The quantitative estimate of drug-likeness (QED) is 0.371. The van der Waals surface area contributed by atoms with Crippen LogP contribution in [0.3, 0.4) is 0 Å². The van der Waals surface area contributed by atoms with Gasteiger partial charge >= 0.3 is 6.18 Å². The van der Waals surface area contributed by atoms with E-state index in [-0.39, 0.29) is 23.3 Å². The minimum absolute atomic E-state index is 0.0265. The molecule has 3 heterocycles. The highest BCUT2D eigenvalue weighted by Crippen LogP contribution is 2.50. The maximum absolute atomic E-state index is 12.9. The first-order valence-corrected chi connectivity index (χ1v) is 11.5. The van der Waals surface area contributed by atoms with Crippen LogP contribution in [0, 0.1) is 23.2 Å². The molecule has 1 saturated carbocycles. The molecular formula is C23H35F3O3. The zero-order valence-electron chi connectivity index (χ0n) is 17.6. The summed E-state index contributed by atoms with van der Waals surface area (Å²) in [6.07, 6.45) is 7.43. The molecule has 3 aliphatic heterocycles. The van der Waals surface area contributed by atoms with E-state index in [1.807, 2.05) is 0 Å². The van der Waals surface area contributed by atoms with Gasteiger partial charge in [-0.25, -0.2) is 0 Å². The molecule has 2 aliphatic carbocycles. The summed E-state index contributed by atoms with van der Waals surface area (Å²) in [6, 6.07) is 0. The second kappa shape index (κ2) is 8.51. The normalized spacial score (nSPS) is 40.7. The van der Waals surface area contributed by atoms with Crippen LogP contribution in [0.15, 0.2) is 11.6 Å². The highest BCUT2D eigenvalue weighted by molar-refractivity contribution is 5.12. The van der Waals surface area contributed by atoms with Gasteiger partial charge in [-0.2, -0.15) is 13.2 Å². The van der Waals surface area contributed by atoms with Crippen molar-refractivity contribution in [3.8, 4) is 0 Å². The Morgan fingerprint density at radius 1 is 0.931 bits per heavy atom. The van der Waals surface area contributed by atoms with Gasteiger partial charge in [0.1, 0.15) is 0 Å². The number of rotatable bonds is 6. The van der Waals surface area contributed by atoms with Crippen molar-refractivity contribution in [3.05, 3.63) is 11.6 Å². The Kier molecular flexibility index (Phi) is 6.35. The third-order valence-electron chi connectivity index (χ3n) is 7.80. The minimum atomic E-state index is -4.15. The van der Waals surface area contributed by atoms with Gasteiger partial charge in [0.05, 0.1) is 19.8 Å². The number of hydrogen-bond acceptors (Lipinski definition) is 3. The molecule has 0 aromatic rings. The lowest BCUT2D eigenvalue weighted by molar-refractivity contribution is -0.488. The summed E-state index contributed by atoms with van der Waals surface area (Å²) in [7, 11) is 0. The van der Waals surface area contributed by atoms with Gasteiger partial charge in [0.15, 0.2) is 0 Å². The number of allylic oxidation sites excluding steroid dienone is 2. The summed E-state index contributed by atoms with van der Waals surface area (Å²) in [5.74, 6) is 0.255. The predicted molar refractivity (Wildman–Crippen MR) is 104 cm³/mol. The third kappa shape index (κ3) is 4.54. The molecule has 0 amide bonds. The zero-order chi connectivity index (χ0) is 20.5. The molecule has 0 aromatic carbocycles. The molecule has 1 unspecified atom stereocenters. The number of ether oxygens (including phenoxy) is 3. The van der Waals surface area contributed by atoms with Gasteiger partial charge in [-0.1, -0.05) is 32.3 Å². The smallest absolute Gasteiger partial charge is 0.326 e. The van der Waals surface area contributed by atoms with Crippen molar-refractivity contribution in [2.75, 3.05) is 19.8 Å². The van der Waals surface area contributed by atoms with Crippen LogP contribution >= 0.6 is 0 Å². The van der Waals surface area contributed by atoms with E-state index in [2.05, 4.69) is 6.92 Å². The van der Waals surface area contributed by atoms with Gasteiger partial charge in [-0.05, 0) is 63.2 Å². The van der Waals surface area contributed by atoms with Gasteiger partial charge in [0.2, 0.25) is 0 Å². The van der Waals surface area contributed by atoms with E-state index in [1.165, 1.54) is 25.3 Å². The maximum Gasteiger partial charge on any atom is 0.412 e. The Labute approximate surface area is 172 Å². The van der Waals surface area contributed by atoms with Gasteiger partial charge in [-0.3, -0.25) is 0 Å². The molecule has 2 bridgehead atoms. The van der Waals surface area contributed by atoms with Crippen molar-refractivity contribution in [2.45, 2.75) is 89.7 Å². The fraction of sp³-hybridized carbons (Fsp3) is 0.913. The number of fused-ring (bicyclic) bond motifs is 3. The summed E-state index contributed by atoms with van der Waals surface area (Å²) in [5, 5.41) is 0. The molecule has 5 rings (SSSR count). The first-order valence-electron chi connectivity index (χ1n) is 11.5. The molecule has 4 fully saturated rings. The Morgan fingerprint density at radius 3 is 2.10 bits per heavy atom. The third-order valence-corrected chi connectivity index (χ3v) is 7.80. The molecule has 1 atom stereocenters. The highest BCUT2D eigenvalue weighted by Gasteiger charge is 2.56. The standard InChI is InChI=1S/C23H35F3O3/c1-2-3-4-13-21-14-27-23(28-15-21,29-16-21)20-11-7-18(8-12-20)17-5-9-19(10-6-17)22(24,25)26/h9,17-18,20H,2-8,10-16H2,1H3. The molecule has 5 aliphatic rings. The SMILES string of the molecule is CCCCCC12COC(C3CCC(C4CC=C(C(F)(F)F)CC4)CC3)(OC1)OC2. The number of halogens is 3. The van der Waals surface area contributed by atoms with E-state index < -0.39 is 12.1 Å². The predicted octanol–water partition coefficient (Wildman–Crippen LogP) is 6.38. The molecule has 6 heteroatoms. The van der Waals surface area contributed by atoms with Crippen molar-refractivity contribution < 1.29 is 27.4 Å². The summed E-state index contributed by atoms with van der Waals surface area (Å²) in [4.78, 5) is 0. The van der Waals surface area contributed by atoms with Gasteiger partial charge in [0, 0.05) is 16.9 Å². The topological polar surface area (TPSA) is 27.7 Å². The fourth-order valence-corrected chi connectivity index (χ4v) is 5.82. The van der Waals surface area contributed by atoms with Crippen molar-refractivity contribution in [3.63, 3.8) is 0 Å². The first kappa shape index (κ1) is 21.6. The van der Waals surface area contributed by atoms with Gasteiger partial charge in [0.25, 0.3) is 5.97 Å². The molecule has 3 saturated heterocycles. The van der Waals surface area contributed by atoms with Crippen LogP contribution in [-0.4, -0.2) is 32.0 Å². The van der Waals surface area contributed by atoms with E-state index in [1.54, 1.807) is 0 Å².